The van der Waals surface area contributed by atoms with E-state index in [1.807, 2.05) is 24.3 Å². The SMILES string of the molecule is CNC(=O)CCCOc1ccc(CC(C)=O)cc1. The molecule has 1 N–H and O–H groups in total. The summed E-state index contributed by atoms with van der Waals surface area (Å²) in [6, 6.07) is 7.46. The highest BCUT2D eigenvalue weighted by molar-refractivity contribution is 5.78. The number of hydrogen-bond acceptors (Lipinski definition) is 3. The largest absolute Gasteiger partial charge is 0.494 e. The van der Waals surface area contributed by atoms with Gasteiger partial charge >= 0.3 is 0 Å². The van der Waals surface area contributed by atoms with Crippen LogP contribution in [0.3, 0.4) is 0 Å². The Bertz CT molecular complexity index is 398. The van der Waals surface area contributed by atoms with Crippen LogP contribution in [-0.4, -0.2) is 25.3 Å². The molecular formula is C14H19NO3. The predicted molar refractivity (Wildman–Crippen MR) is 69.6 cm³/mol. The van der Waals surface area contributed by atoms with Gasteiger partial charge in [0.15, 0.2) is 0 Å². The van der Waals surface area contributed by atoms with Gasteiger partial charge in [-0.3, -0.25) is 9.59 Å². The monoisotopic (exact) mass is 249 g/mol. The van der Waals surface area contributed by atoms with Gasteiger partial charge in [0.25, 0.3) is 0 Å². The Kier molecular flexibility index (Phi) is 5.91. The van der Waals surface area contributed by atoms with E-state index in [-0.39, 0.29) is 11.7 Å². The van der Waals surface area contributed by atoms with Crippen LogP contribution in [0.2, 0.25) is 0 Å². The van der Waals surface area contributed by atoms with Crippen LogP contribution in [0.25, 0.3) is 0 Å². The van der Waals surface area contributed by atoms with E-state index >= 15 is 0 Å². The van der Waals surface area contributed by atoms with Crippen molar-refractivity contribution in [3.8, 4) is 5.75 Å². The molecule has 0 atom stereocenters. The molecule has 4 nitrogen and oxygen atoms in total. The number of benzene rings is 1. The molecule has 0 heterocycles. The lowest BCUT2D eigenvalue weighted by Gasteiger charge is -2.06. The number of amides is 1. The number of carbonyl (C=O) groups is 2. The summed E-state index contributed by atoms with van der Waals surface area (Å²) in [6.07, 6.45) is 1.62. The summed E-state index contributed by atoms with van der Waals surface area (Å²) in [6.45, 7) is 2.09. The van der Waals surface area contributed by atoms with Crippen molar-refractivity contribution in [3.63, 3.8) is 0 Å². The Morgan fingerprint density at radius 2 is 1.89 bits per heavy atom. The van der Waals surface area contributed by atoms with Gasteiger partial charge in [0.05, 0.1) is 6.61 Å². The molecule has 0 aliphatic heterocycles. The standard InChI is InChI=1S/C14H19NO3/c1-11(16)10-12-5-7-13(8-6-12)18-9-3-4-14(17)15-2/h5-8H,3-4,9-10H2,1-2H3,(H,15,17). The first-order valence-electron chi connectivity index (χ1n) is 6.03. The van der Waals surface area contributed by atoms with E-state index in [2.05, 4.69) is 5.32 Å². The minimum atomic E-state index is 0.0235. The van der Waals surface area contributed by atoms with Gasteiger partial charge in [-0.1, -0.05) is 12.1 Å². The topological polar surface area (TPSA) is 55.4 Å². The molecule has 0 saturated heterocycles. The van der Waals surface area contributed by atoms with Crippen molar-refractivity contribution in [2.24, 2.45) is 0 Å². The normalized spacial score (nSPS) is 9.89. The molecule has 18 heavy (non-hydrogen) atoms. The van der Waals surface area contributed by atoms with Crippen LogP contribution in [0.4, 0.5) is 0 Å². The van der Waals surface area contributed by atoms with E-state index in [1.165, 1.54) is 0 Å². The van der Waals surface area contributed by atoms with Gasteiger partial charge in [-0.05, 0) is 31.0 Å². The van der Waals surface area contributed by atoms with Crippen LogP contribution in [0.1, 0.15) is 25.3 Å². The minimum absolute atomic E-state index is 0.0235. The van der Waals surface area contributed by atoms with Crippen molar-refractivity contribution < 1.29 is 14.3 Å². The second kappa shape index (κ2) is 7.48. The van der Waals surface area contributed by atoms with Crippen LogP contribution >= 0.6 is 0 Å². The van der Waals surface area contributed by atoms with Crippen LogP contribution < -0.4 is 10.1 Å². The fraction of sp³-hybridized carbons (Fsp3) is 0.429. The van der Waals surface area contributed by atoms with Gasteiger partial charge in [0.1, 0.15) is 11.5 Å². The van der Waals surface area contributed by atoms with Crippen molar-refractivity contribution in [2.45, 2.75) is 26.2 Å². The van der Waals surface area contributed by atoms with E-state index in [0.717, 1.165) is 11.3 Å². The summed E-state index contributed by atoms with van der Waals surface area (Å²) in [5.41, 5.74) is 0.986. The number of Topliss-reactive ketones (excluding diaryl/α,β-unsaturated/α-hetero) is 1. The molecule has 0 aliphatic carbocycles. The van der Waals surface area contributed by atoms with E-state index in [4.69, 9.17) is 4.74 Å². The Morgan fingerprint density at radius 3 is 2.44 bits per heavy atom. The highest BCUT2D eigenvalue weighted by atomic mass is 16.5. The summed E-state index contributed by atoms with van der Waals surface area (Å²) in [4.78, 5) is 21.9. The molecule has 4 heteroatoms. The first-order valence-corrected chi connectivity index (χ1v) is 6.03. The van der Waals surface area contributed by atoms with E-state index < -0.39 is 0 Å². The van der Waals surface area contributed by atoms with Gasteiger partial charge in [0.2, 0.25) is 5.91 Å². The smallest absolute Gasteiger partial charge is 0.219 e. The summed E-state index contributed by atoms with van der Waals surface area (Å²) in [7, 11) is 1.62. The van der Waals surface area contributed by atoms with Crippen molar-refractivity contribution in [1.29, 1.82) is 0 Å². The lowest BCUT2D eigenvalue weighted by atomic mass is 10.1. The van der Waals surface area contributed by atoms with Gasteiger partial charge in [-0.2, -0.15) is 0 Å². The van der Waals surface area contributed by atoms with Crippen molar-refractivity contribution in [2.75, 3.05) is 13.7 Å². The van der Waals surface area contributed by atoms with Crippen molar-refractivity contribution in [1.82, 2.24) is 5.32 Å². The molecule has 1 aromatic rings. The maximum Gasteiger partial charge on any atom is 0.219 e. The second-order valence-electron chi connectivity index (χ2n) is 4.15. The molecule has 0 aromatic heterocycles. The number of hydrogen-bond donors (Lipinski definition) is 1. The molecule has 1 aromatic carbocycles. The molecule has 0 aliphatic rings. The third-order valence-electron chi connectivity index (χ3n) is 2.47. The first kappa shape index (κ1) is 14.2. The second-order valence-corrected chi connectivity index (χ2v) is 4.15. The molecule has 0 radical (unpaired) electrons. The maximum absolute atomic E-state index is 11.0. The summed E-state index contributed by atoms with van der Waals surface area (Å²) in [5.74, 6) is 0.934. The van der Waals surface area contributed by atoms with Gasteiger partial charge in [-0.25, -0.2) is 0 Å². The zero-order valence-electron chi connectivity index (χ0n) is 10.9. The Labute approximate surface area is 107 Å². The third-order valence-corrected chi connectivity index (χ3v) is 2.47. The molecule has 0 unspecified atom stereocenters. The Hall–Kier alpha value is -1.84. The number of rotatable bonds is 7. The summed E-state index contributed by atoms with van der Waals surface area (Å²) in [5, 5.41) is 2.56. The van der Waals surface area contributed by atoms with E-state index in [1.54, 1.807) is 14.0 Å². The maximum atomic E-state index is 11.0. The molecular weight excluding hydrogens is 230 g/mol. The lowest BCUT2D eigenvalue weighted by Crippen LogP contribution is -2.18. The Morgan fingerprint density at radius 1 is 1.22 bits per heavy atom. The van der Waals surface area contributed by atoms with E-state index in [9.17, 15) is 9.59 Å². The van der Waals surface area contributed by atoms with Gasteiger partial charge in [-0.15, -0.1) is 0 Å². The summed E-state index contributed by atoms with van der Waals surface area (Å²) >= 11 is 0. The molecule has 98 valence electrons. The highest BCUT2D eigenvalue weighted by Gasteiger charge is 2.00. The highest BCUT2D eigenvalue weighted by Crippen LogP contribution is 2.13. The molecule has 0 fully saturated rings. The van der Waals surface area contributed by atoms with Crippen molar-refractivity contribution in [3.05, 3.63) is 29.8 Å². The average Bonchev–Trinajstić information content (AvgIpc) is 2.35. The minimum Gasteiger partial charge on any atom is -0.494 e. The number of nitrogens with one attached hydrogen (secondary N) is 1. The van der Waals surface area contributed by atoms with Crippen LogP contribution in [0, 0.1) is 0 Å². The summed E-state index contributed by atoms with van der Waals surface area (Å²) < 4.78 is 5.50. The van der Waals surface area contributed by atoms with Crippen LogP contribution in [-0.2, 0) is 16.0 Å². The molecule has 0 bridgehead atoms. The molecule has 0 saturated carbocycles. The van der Waals surface area contributed by atoms with Crippen LogP contribution in [0.5, 0.6) is 5.75 Å². The average molecular weight is 249 g/mol. The fourth-order valence-corrected chi connectivity index (χ4v) is 1.54. The Balaban J connectivity index is 2.31. The predicted octanol–water partition coefficient (Wildman–Crippen LogP) is 1.72. The van der Waals surface area contributed by atoms with Crippen molar-refractivity contribution >= 4 is 11.7 Å². The number of ketones is 1. The molecule has 0 spiro atoms. The van der Waals surface area contributed by atoms with Gasteiger partial charge in [0, 0.05) is 19.9 Å². The zero-order valence-corrected chi connectivity index (χ0v) is 10.9. The zero-order chi connectivity index (χ0) is 13.4. The molecule has 1 rings (SSSR count). The number of carbonyl (C=O) groups excluding carboxylic acids is 2. The fourth-order valence-electron chi connectivity index (χ4n) is 1.54. The quantitative estimate of drug-likeness (QED) is 0.749. The molecule has 1 amide bonds. The lowest BCUT2D eigenvalue weighted by molar-refractivity contribution is -0.120. The number of ether oxygens (including phenoxy) is 1. The van der Waals surface area contributed by atoms with Gasteiger partial charge < -0.3 is 10.1 Å². The first-order chi connectivity index (χ1) is 8.61. The van der Waals surface area contributed by atoms with E-state index in [0.29, 0.717) is 25.9 Å². The third kappa shape index (κ3) is 5.48. The van der Waals surface area contributed by atoms with Crippen LogP contribution in [0.15, 0.2) is 24.3 Å².